The van der Waals surface area contributed by atoms with E-state index in [0.717, 1.165) is 12.8 Å². The number of hydrogen-bond acceptors (Lipinski definition) is 3. The molecule has 4 heteroatoms. The van der Waals surface area contributed by atoms with Crippen molar-refractivity contribution in [1.82, 2.24) is 0 Å². The van der Waals surface area contributed by atoms with Crippen molar-refractivity contribution in [1.29, 1.82) is 0 Å². The van der Waals surface area contributed by atoms with Crippen molar-refractivity contribution < 1.29 is 19.8 Å². The molecule has 2 N–H and O–H groups in total. The van der Waals surface area contributed by atoms with E-state index in [2.05, 4.69) is 0 Å². The smallest absolute Gasteiger partial charge is 0.307 e. The Morgan fingerprint density at radius 3 is 2.67 bits per heavy atom. The molecule has 0 aromatic carbocycles. The molecule has 4 nitrogen and oxygen atoms in total. The fraction of sp³-hybridized carbons (Fsp3) is 0.818. The van der Waals surface area contributed by atoms with Crippen LogP contribution in [0, 0.1) is 17.8 Å². The first-order chi connectivity index (χ1) is 7.11. The lowest BCUT2D eigenvalue weighted by Crippen LogP contribution is -2.46. The lowest BCUT2D eigenvalue weighted by molar-refractivity contribution is -0.155. The first kappa shape index (κ1) is 10.6. The SMILES string of the molecule is O=C(O)C1CCCC2C(O)CCC(=O)C12. The maximum absolute atomic E-state index is 11.7. The third-order valence-corrected chi connectivity index (χ3v) is 3.82. The van der Waals surface area contributed by atoms with Crippen LogP contribution in [0.25, 0.3) is 0 Å². The van der Waals surface area contributed by atoms with Gasteiger partial charge in [0.15, 0.2) is 0 Å². The second kappa shape index (κ2) is 3.93. The minimum atomic E-state index is -0.882. The Kier molecular flexibility index (Phi) is 2.78. The zero-order chi connectivity index (χ0) is 11.0. The van der Waals surface area contributed by atoms with Gasteiger partial charge < -0.3 is 10.2 Å². The summed E-state index contributed by atoms with van der Waals surface area (Å²) in [7, 11) is 0. The van der Waals surface area contributed by atoms with Crippen LogP contribution in [-0.4, -0.2) is 28.1 Å². The van der Waals surface area contributed by atoms with Crippen molar-refractivity contribution in [2.24, 2.45) is 17.8 Å². The molecule has 0 saturated heterocycles. The highest BCUT2D eigenvalue weighted by molar-refractivity contribution is 5.87. The molecule has 15 heavy (non-hydrogen) atoms. The highest BCUT2D eigenvalue weighted by Crippen LogP contribution is 2.42. The fourth-order valence-electron chi connectivity index (χ4n) is 3.07. The fourth-order valence-corrected chi connectivity index (χ4v) is 3.07. The third-order valence-electron chi connectivity index (χ3n) is 3.82. The Balaban J connectivity index is 2.23. The Morgan fingerprint density at radius 2 is 2.00 bits per heavy atom. The van der Waals surface area contributed by atoms with E-state index >= 15 is 0 Å². The molecule has 4 unspecified atom stereocenters. The highest BCUT2D eigenvalue weighted by Gasteiger charge is 2.46. The molecular weight excluding hydrogens is 196 g/mol. The first-order valence-electron chi connectivity index (χ1n) is 5.55. The summed E-state index contributed by atoms with van der Waals surface area (Å²) in [5, 5.41) is 18.8. The van der Waals surface area contributed by atoms with Crippen LogP contribution in [0.1, 0.15) is 32.1 Å². The summed E-state index contributed by atoms with van der Waals surface area (Å²) in [6.45, 7) is 0. The Morgan fingerprint density at radius 1 is 1.27 bits per heavy atom. The summed E-state index contributed by atoms with van der Waals surface area (Å²) in [5.74, 6) is -1.95. The van der Waals surface area contributed by atoms with Crippen LogP contribution < -0.4 is 0 Å². The Bertz CT molecular complexity index is 286. The summed E-state index contributed by atoms with van der Waals surface area (Å²) in [6.07, 6.45) is 2.55. The minimum Gasteiger partial charge on any atom is -0.481 e. The van der Waals surface area contributed by atoms with E-state index in [0.29, 0.717) is 19.3 Å². The lowest BCUT2D eigenvalue weighted by Gasteiger charge is -2.40. The second-order valence-corrected chi connectivity index (χ2v) is 4.64. The number of aliphatic carboxylic acids is 1. The third kappa shape index (κ3) is 1.78. The van der Waals surface area contributed by atoms with Gasteiger partial charge in [-0.15, -0.1) is 0 Å². The molecule has 2 aliphatic rings. The minimum absolute atomic E-state index is 0.0393. The number of carboxylic acid groups (broad SMARTS) is 1. The van der Waals surface area contributed by atoms with Gasteiger partial charge in [0.1, 0.15) is 5.78 Å². The van der Waals surface area contributed by atoms with E-state index < -0.39 is 23.9 Å². The maximum atomic E-state index is 11.7. The monoisotopic (exact) mass is 212 g/mol. The Hall–Kier alpha value is -0.900. The van der Waals surface area contributed by atoms with Gasteiger partial charge >= 0.3 is 5.97 Å². The molecule has 0 spiro atoms. The molecule has 0 aromatic heterocycles. The molecule has 0 aromatic rings. The van der Waals surface area contributed by atoms with E-state index in [-0.39, 0.29) is 11.7 Å². The molecule has 84 valence electrons. The number of carbonyl (C=O) groups is 2. The molecule has 2 rings (SSSR count). The number of aliphatic hydroxyl groups excluding tert-OH is 1. The molecule has 0 aliphatic heterocycles. The first-order valence-corrected chi connectivity index (χ1v) is 5.55. The molecule has 2 saturated carbocycles. The van der Waals surface area contributed by atoms with Crippen molar-refractivity contribution in [3.63, 3.8) is 0 Å². The van der Waals surface area contributed by atoms with Crippen molar-refractivity contribution in [3.8, 4) is 0 Å². The number of carboxylic acids is 1. The number of rotatable bonds is 1. The summed E-state index contributed by atoms with van der Waals surface area (Å²) >= 11 is 0. The topological polar surface area (TPSA) is 74.6 Å². The van der Waals surface area contributed by atoms with Gasteiger partial charge in [0.25, 0.3) is 0 Å². The van der Waals surface area contributed by atoms with Gasteiger partial charge in [-0.05, 0) is 25.2 Å². The summed E-state index contributed by atoms with van der Waals surface area (Å²) in [5.41, 5.74) is 0. The molecule has 0 bridgehead atoms. The molecule has 2 aliphatic carbocycles. The van der Waals surface area contributed by atoms with Gasteiger partial charge in [-0.2, -0.15) is 0 Å². The summed E-state index contributed by atoms with van der Waals surface area (Å²) in [6, 6.07) is 0. The van der Waals surface area contributed by atoms with Crippen LogP contribution in [0.5, 0.6) is 0 Å². The van der Waals surface area contributed by atoms with E-state index in [4.69, 9.17) is 5.11 Å². The van der Waals surface area contributed by atoms with Crippen molar-refractivity contribution in [3.05, 3.63) is 0 Å². The Labute approximate surface area is 88.3 Å². The zero-order valence-corrected chi connectivity index (χ0v) is 8.56. The normalized spacial score (nSPS) is 41.0. The van der Waals surface area contributed by atoms with Crippen LogP contribution in [0.2, 0.25) is 0 Å². The quantitative estimate of drug-likeness (QED) is 0.675. The van der Waals surface area contributed by atoms with Gasteiger partial charge in [-0.1, -0.05) is 6.42 Å². The van der Waals surface area contributed by atoms with Gasteiger partial charge in [-0.3, -0.25) is 9.59 Å². The van der Waals surface area contributed by atoms with E-state index in [1.165, 1.54) is 0 Å². The van der Waals surface area contributed by atoms with E-state index in [1.54, 1.807) is 0 Å². The average Bonchev–Trinajstić information content (AvgIpc) is 2.23. The van der Waals surface area contributed by atoms with Crippen LogP contribution in [-0.2, 0) is 9.59 Å². The largest absolute Gasteiger partial charge is 0.481 e. The van der Waals surface area contributed by atoms with Gasteiger partial charge in [-0.25, -0.2) is 0 Å². The molecule has 0 radical (unpaired) electrons. The molecule has 2 fully saturated rings. The maximum Gasteiger partial charge on any atom is 0.307 e. The number of Topliss-reactive ketones (excluding diaryl/α,β-unsaturated/α-hetero) is 1. The number of fused-ring (bicyclic) bond motifs is 1. The van der Waals surface area contributed by atoms with Gasteiger partial charge in [0.2, 0.25) is 0 Å². The number of ketones is 1. The van der Waals surface area contributed by atoms with Crippen LogP contribution >= 0.6 is 0 Å². The van der Waals surface area contributed by atoms with Crippen molar-refractivity contribution in [2.45, 2.75) is 38.2 Å². The molecular formula is C11H16O4. The predicted octanol–water partition coefficient (Wildman–Crippen LogP) is 0.827. The molecule has 0 heterocycles. The number of hydrogen-bond donors (Lipinski definition) is 2. The molecule has 0 amide bonds. The van der Waals surface area contributed by atoms with Crippen LogP contribution in [0.4, 0.5) is 0 Å². The number of aliphatic hydroxyl groups is 1. The van der Waals surface area contributed by atoms with Crippen LogP contribution in [0.15, 0.2) is 0 Å². The summed E-state index contributed by atoms with van der Waals surface area (Å²) < 4.78 is 0. The van der Waals surface area contributed by atoms with Crippen LogP contribution in [0.3, 0.4) is 0 Å². The van der Waals surface area contributed by atoms with Gasteiger partial charge in [0.05, 0.1) is 12.0 Å². The van der Waals surface area contributed by atoms with Gasteiger partial charge in [0, 0.05) is 12.3 Å². The summed E-state index contributed by atoms with van der Waals surface area (Å²) in [4.78, 5) is 22.7. The second-order valence-electron chi connectivity index (χ2n) is 4.64. The predicted molar refractivity (Wildman–Crippen MR) is 52.2 cm³/mol. The zero-order valence-electron chi connectivity index (χ0n) is 8.56. The highest BCUT2D eigenvalue weighted by atomic mass is 16.4. The van der Waals surface area contributed by atoms with Crippen molar-refractivity contribution in [2.75, 3.05) is 0 Å². The van der Waals surface area contributed by atoms with Crippen molar-refractivity contribution >= 4 is 11.8 Å². The average molecular weight is 212 g/mol. The molecule has 4 atom stereocenters. The number of carbonyl (C=O) groups excluding carboxylic acids is 1. The van der Waals surface area contributed by atoms with E-state index in [9.17, 15) is 14.7 Å². The lowest BCUT2D eigenvalue weighted by atomic mass is 9.64. The standard InChI is InChI=1S/C11H16O4/c12-8-4-5-9(13)10-6(8)2-1-3-7(10)11(14)15/h6-8,10,12H,1-5H2,(H,14,15). The van der Waals surface area contributed by atoms with E-state index in [1.807, 2.05) is 0 Å².